The molecule has 1 amide bonds. The minimum absolute atomic E-state index is 0.0915. The highest BCUT2D eigenvalue weighted by Gasteiger charge is 2.34. The molecule has 4 rings (SSSR count). The van der Waals surface area contributed by atoms with Crippen LogP contribution in [0.4, 0.5) is 0 Å². The van der Waals surface area contributed by atoms with E-state index in [2.05, 4.69) is 39.7 Å². The van der Waals surface area contributed by atoms with Crippen LogP contribution in [0.5, 0.6) is 0 Å². The summed E-state index contributed by atoms with van der Waals surface area (Å²) in [5.74, 6) is 0.342. The van der Waals surface area contributed by atoms with Crippen molar-refractivity contribution in [3.63, 3.8) is 0 Å². The predicted octanol–water partition coefficient (Wildman–Crippen LogP) is 3.17. The second-order valence-corrected chi connectivity index (χ2v) is 11.1. The van der Waals surface area contributed by atoms with Crippen LogP contribution >= 0.6 is 11.3 Å². The van der Waals surface area contributed by atoms with Crippen LogP contribution < -0.4 is 5.32 Å². The lowest BCUT2D eigenvalue weighted by Crippen LogP contribution is -2.45. The maximum atomic E-state index is 13.2. The zero-order valence-electron chi connectivity index (χ0n) is 18.1. The Hall–Kier alpha value is -2.56. The van der Waals surface area contributed by atoms with Gasteiger partial charge in [0.2, 0.25) is 17.6 Å². The number of rotatable bonds is 7. The molecule has 10 heteroatoms. The van der Waals surface area contributed by atoms with Crippen LogP contribution in [0, 0.1) is 19.8 Å². The molecular formula is C22H26N4O4S2. The molecule has 3 aromatic rings. The van der Waals surface area contributed by atoms with Gasteiger partial charge in [-0.2, -0.15) is 9.29 Å². The van der Waals surface area contributed by atoms with Crippen molar-refractivity contribution in [1.29, 1.82) is 0 Å². The van der Waals surface area contributed by atoms with E-state index in [0.717, 1.165) is 23.3 Å². The second kappa shape index (κ2) is 9.51. The third kappa shape index (κ3) is 5.08. The highest BCUT2D eigenvalue weighted by Crippen LogP contribution is 2.31. The average Bonchev–Trinajstić information content (AvgIpc) is 3.45. The Balaban J connectivity index is 1.36. The number of sulfonamides is 1. The molecule has 0 bridgehead atoms. The molecule has 3 heterocycles. The van der Waals surface area contributed by atoms with E-state index >= 15 is 0 Å². The maximum absolute atomic E-state index is 13.2. The van der Waals surface area contributed by atoms with Crippen LogP contribution in [-0.4, -0.2) is 48.4 Å². The number of amides is 1. The smallest absolute Gasteiger partial charge is 0.252 e. The number of hydrogen-bond acceptors (Lipinski definition) is 7. The van der Waals surface area contributed by atoms with Gasteiger partial charge in [0.1, 0.15) is 4.21 Å². The Kier molecular flexibility index (Phi) is 6.73. The summed E-state index contributed by atoms with van der Waals surface area (Å²) in [5, 5.41) is 8.52. The van der Waals surface area contributed by atoms with Crippen LogP contribution in [0.1, 0.15) is 29.9 Å². The van der Waals surface area contributed by atoms with E-state index in [9.17, 15) is 13.2 Å². The maximum Gasteiger partial charge on any atom is 0.252 e. The van der Waals surface area contributed by atoms with Gasteiger partial charge in [-0.25, -0.2) is 8.42 Å². The molecule has 170 valence electrons. The molecule has 0 unspecified atom stereocenters. The summed E-state index contributed by atoms with van der Waals surface area (Å²) in [6.07, 6.45) is 2.08. The van der Waals surface area contributed by atoms with Gasteiger partial charge in [0.05, 0.1) is 5.92 Å². The number of thiophene rings is 1. The SMILES string of the molecule is Cc1ccc(CCNC(=O)[C@@H]2CCCN(S(=O)(=O)c3cc(-c4noc(C)n4)cs3)C2)cc1. The van der Waals surface area contributed by atoms with Gasteiger partial charge < -0.3 is 9.84 Å². The average molecular weight is 475 g/mol. The molecule has 0 radical (unpaired) electrons. The number of nitrogens with zero attached hydrogens (tertiary/aromatic N) is 3. The number of carbonyl (C=O) groups excluding carboxylic acids is 1. The molecule has 1 fully saturated rings. The quantitative estimate of drug-likeness (QED) is 0.564. The number of hydrogen-bond donors (Lipinski definition) is 1. The van der Waals surface area contributed by atoms with E-state index in [1.807, 2.05) is 6.92 Å². The number of piperidine rings is 1. The van der Waals surface area contributed by atoms with Crippen LogP contribution in [0.3, 0.4) is 0 Å². The monoisotopic (exact) mass is 474 g/mol. The summed E-state index contributed by atoms with van der Waals surface area (Å²) in [6, 6.07) is 9.78. The number of aryl methyl sites for hydroxylation is 2. The molecule has 1 atom stereocenters. The zero-order valence-corrected chi connectivity index (χ0v) is 19.7. The van der Waals surface area contributed by atoms with Crippen molar-refractivity contribution in [2.75, 3.05) is 19.6 Å². The van der Waals surface area contributed by atoms with E-state index in [-0.39, 0.29) is 22.6 Å². The largest absolute Gasteiger partial charge is 0.355 e. The first-order chi connectivity index (χ1) is 15.3. The second-order valence-electron chi connectivity index (χ2n) is 8.02. The van der Waals surface area contributed by atoms with Crippen molar-refractivity contribution in [3.05, 3.63) is 52.7 Å². The highest BCUT2D eigenvalue weighted by molar-refractivity contribution is 7.91. The van der Waals surface area contributed by atoms with Gasteiger partial charge in [-0.3, -0.25) is 4.79 Å². The minimum Gasteiger partial charge on any atom is -0.355 e. The third-order valence-corrected chi connectivity index (χ3v) is 8.82. The van der Waals surface area contributed by atoms with E-state index < -0.39 is 10.0 Å². The lowest BCUT2D eigenvalue weighted by molar-refractivity contribution is -0.126. The molecule has 8 nitrogen and oxygen atoms in total. The fourth-order valence-electron chi connectivity index (χ4n) is 3.72. The van der Waals surface area contributed by atoms with Gasteiger partial charge in [0.25, 0.3) is 10.0 Å². The van der Waals surface area contributed by atoms with E-state index in [4.69, 9.17) is 4.52 Å². The minimum atomic E-state index is -3.69. The fourth-order valence-corrected chi connectivity index (χ4v) is 6.55. The summed E-state index contributed by atoms with van der Waals surface area (Å²) in [5.41, 5.74) is 2.97. The molecule has 1 aromatic carbocycles. The predicted molar refractivity (Wildman–Crippen MR) is 122 cm³/mol. The standard InChI is InChI=1S/C22H26N4O4S2/c1-15-5-7-17(8-6-15)9-10-23-22(27)18-4-3-11-26(13-18)32(28,29)20-12-19(14-31-20)21-24-16(2)30-25-21/h5-8,12,14,18H,3-4,9-11,13H2,1-2H3,(H,23,27)/t18-/m1/s1. The first-order valence-electron chi connectivity index (χ1n) is 10.6. The fraction of sp³-hybridized carbons (Fsp3) is 0.409. The van der Waals surface area contributed by atoms with Crippen molar-refractivity contribution >= 4 is 27.3 Å². The van der Waals surface area contributed by atoms with Crippen LogP contribution in [0.2, 0.25) is 0 Å². The van der Waals surface area contributed by atoms with Gasteiger partial charge in [-0.05, 0) is 37.8 Å². The molecule has 0 aliphatic carbocycles. The molecule has 0 spiro atoms. The van der Waals surface area contributed by atoms with Gasteiger partial charge >= 0.3 is 0 Å². The number of carbonyl (C=O) groups is 1. The summed E-state index contributed by atoms with van der Waals surface area (Å²) in [4.78, 5) is 16.8. The highest BCUT2D eigenvalue weighted by atomic mass is 32.2. The molecule has 2 aromatic heterocycles. The Morgan fingerprint density at radius 2 is 2.06 bits per heavy atom. The summed E-state index contributed by atoms with van der Waals surface area (Å²) < 4.78 is 33.0. The van der Waals surface area contributed by atoms with Gasteiger partial charge in [0, 0.05) is 37.5 Å². The van der Waals surface area contributed by atoms with Crippen molar-refractivity contribution in [2.24, 2.45) is 5.92 Å². The van der Waals surface area contributed by atoms with E-state index in [1.165, 1.54) is 9.87 Å². The topological polar surface area (TPSA) is 105 Å². The van der Waals surface area contributed by atoms with Crippen LogP contribution in [0.15, 0.2) is 44.4 Å². The normalized spacial score (nSPS) is 17.4. The van der Waals surface area contributed by atoms with E-state index in [1.54, 1.807) is 18.4 Å². The third-order valence-electron chi connectivity index (χ3n) is 5.54. The van der Waals surface area contributed by atoms with E-state index in [0.29, 0.717) is 43.2 Å². The molecule has 0 saturated carbocycles. The number of nitrogens with one attached hydrogen (secondary N) is 1. The summed E-state index contributed by atoms with van der Waals surface area (Å²) in [6.45, 7) is 4.85. The summed E-state index contributed by atoms with van der Waals surface area (Å²) >= 11 is 1.12. The molecule has 1 saturated heterocycles. The lowest BCUT2D eigenvalue weighted by Gasteiger charge is -2.30. The van der Waals surface area contributed by atoms with Crippen molar-refractivity contribution in [3.8, 4) is 11.4 Å². The lowest BCUT2D eigenvalue weighted by atomic mass is 9.98. The molecule has 1 aliphatic heterocycles. The first-order valence-corrected chi connectivity index (χ1v) is 12.9. The number of aromatic nitrogens is 2. The molecule has 32 heavy (non-hydrogen) atoms. The Morgan fingerprint density at radius 3 is 2.78 bits per heavy atom. The number of benzene rings is 1. The Labute approximate surface area is 191 Å². The summed E-state index contributed by atoms with van der Waals surface area (Å²) in [7, 11) is -3.69. The van der Waals surface area contributed by atoms with Crippen LogP contribution in [-0.2, 0) is 21.2 Å². The molecule has 1 aliphatic rings. The van der Waals surface area contributed by atoms with Gasteiger partial charge in [-0.1, -0.05) is 35.0 Å². The van der Waals surface area contributed by atoms with Gasteiger partial charge in [0.15, 0.2) is 0 Å². The van der Waals surface area contributed by atoms with Crippen LogP contribution in [0.25, 0.3) is 11.4 Å². The van der Waals surface area contributed by atoms with Crippen molar-refractivity contribution in [2.45, 2.75) is 37.3 Å². The zero-order chi connectivity index (χ0) is 22.7. The first kappa shape index (κ1) is 22.6. The molecule has 1 N–H and O–H groups in total. The molecular weight excluding hydrogens is 448 g/mol. The van der Waals surface area contributed by atoms with Crippen molar-refractivity contribution in [1.82, 2.24) is 19.8 Å². The van der Waals surface area contributed by atoms with Gasteiger partial charge in [-0.15, -0.1) is 11.3 Å². The Bertz CT molecular complexity index is 1180. The Morgan fingerprint density at radius 1 is 1.28 bits per heavy atom. The van der Waals surface area contributed by atoms with Crippen molar-refractivity contribution < 1.29 is 17.7 Å².